The monoisotopic (exact) mass is 374 g/mol. The van der Waals surface area contributed by atoms with Crippen LogP contribution in [0.1, 0.15) is 12.6 Å². The zero-order chi connectivity index (χ0) is 19.4. The standard InChI is InChI=1S/C20H12N4O4.H2/c25-19-17(13-8-21-15-4-2-1-3-11(13)15)18(20(26)23-19)14-9-22-16-7-10(24(27)28)5-6-12(14)16;/h1-9,21-22H,(H,23,25,26);1H. The van der Waals surface area contributed by atoms with Crippen molar-refractivity contribution in [2.75, 3.05) is 0 Å². The van der Waals surface area contributed by atoms with Gasteiger partial charge in [0.15, 0.2) is 0 Å². The third-order valence-electron chi connectivity index (χ3n) is 4.94. The number of amides is 2. The first-order valence-corrected chi connectivity index (χ1v) is 8.47. The fourth-order valence-corrected chi connectivity index (χ4v) is 3.68. The summed E-state index contributed by atoms with van der Waals surface area (Å²) in [6.07, 6.45) is 3.30. The number of nitro benzene ring substituents is 1. The van der Waals surface area contributed by atoms with Crippen LogP contribution in [0, 0.1) is 10.1 Å². The minimum absolute atomic E-state index is 0. The Hall–Kier alpha value is -4.20. The Kier molecular flexibility index (Phi) is 3.23. The lowest BCUT2D eigenvalue weighted by atomic mass is 9.95. The van der Waals surface area contributed by atoms with E-state index in [0.717, 1.165) is 10.9 Å². The highest BCUT2D eigenvalue weighted by Crippen LogP contribution is 2.37. The molecule has 1 aliphatic heterocycles. The Labute approximate surface area is 158 Å². The van der Waals surface area contributed by atoms with Crippen LogP contribution in [-0.4, -0.2) is 26.7 Å². The van der Waals surface area contributed by atoms with E-state index in [1.165, 1.54) is 12.1 Å². The van der Waals surface area contributed by atoms with E-state index in [2.05, 4.69) is 15.3 Å². The molecule has 138 valence electrons. The van der Waals surface area contributed by atoms with Gasteiger partial charge in [0.1, 0.15) is 0 Å². The number of carbonyl (C=O) groups is 2. The number of nitrogens with one attached hydrogen (secondary N) is 3. The third kappa shape index (κ3) is 2.18. The van der Waals surface area contributed by atoms with Gasteiger partial charge in [-0.1, -0.05) is 18.2 Å². The van der Waals surface area contributed by atoms with Crippen molar-refractivity contribution in [2.45, 2.75) is 0 Å². The summed E-state index contributed by atoms with van der Waals surface area (Å²) in [4.78, 5) is 41.8. The van der Waals surface area contributed by atoms with Crippen LogP contribution in [0.25, 0.3) is 33.0 Å². The molecule has 3 heterocycles. The molecule has 0 saturated heterocycles. The molecule has 8 heteroatoms. The number of H-pyrrole nitrogens is 2. The van der Waals surface area contributed by atoms with Crippen molar-refractivity contribution in [1.82, 2.24) is 15.3 Å². The van der Waals surface area contributed by atoms with Crippen molar-refractivity contribution in [2.24, 2.45) is 0 Å². The van der Waals surface area contributed by atoms with Gasteiger partial charge in [0.2, 0.25) is 0 Å². The van der Waals surface area contributed by atoms with Gasteiger partial charge in [-0.05, 0) is 12.1 Å². The Bertz CT molecular complexity index is 1370. The van der Waals surface area contributed by atoms with Gasteiger partial charge in [-0.15, -0.1) is 0 Å². The number of hydrogen-bond acceptors (Lipinski definition) is 4. The van der Waals surface area contributed by atoms with E-state index in [1.54, 1.807) is 18.5 Å². The maximum atomic E-state index is 12.6. The van der Waals surface area contributed by atoms with Crippen LogP contribution in [0.3, 0.4) is 0 Å². The number of benzene rings is 2. The second-order valence-electron chi connectivity index (χ2n) is 6.47. The zero-order valence-electron chi connectivity index (χ0n) is 14.3. The molecule has 0 atom stereocenters. The summed E-state index contributed by atoms with van der Waals surface area (Å²) >= 11 is 0. The highest BCUT2D eigenvalue weighted by Gasteiger charge is 2.34. The molecule has 28 heavy (non-hydrogen) atoms. The number of aromatic amines is 2. The van der Waals surface area contributed by atoms with Crippen LogP contribution < -0.4 is 5.32 Å². The van der Waals surface area contributed by atoms with Gasteiger partial charge >= 0.3 is 0 Å². The van der Waals surface area contributed by atoms with Crippen molar-refractivity contribution in [3.8, 4) is 0 Å². The van der Waals surface area contributed by atoms with E-state index in [0.29, 0.717) is 22.0 Å². The molecule has 0 unspecified atom stereocenters. The van der Waals surface area contributed by atoms with Crippen LogP contribution in [0.5, 0.6) is 0 Å². The van der Waals surface area contributed by atoms with E-state index in [4.69, 9.17) is 0 Å². The highest BCUT2D eigenvalue weighted by molar-refractivity contribution is 6.50. The number of aromatic nitrogens is 2. The summed E-state index contributed by atoms with van der Waals surface area (Å²) in [6, 6.07) is 11.9. The lowest BCUT2D eigenvalue weighted by Gasteiger charge is -2.03. The van der Waals surface area contributed by atoms with E-state index < -0.39 is 16.7 Å². The first kappa shape index (κ1) is 16.0. The van der Waals surface area contributed by atoms with Crippen LogP contribution in [0.15, 0.2) is 54.9 Å². The first-order chi connectivity index (χ1) is 13.5. The molecule has 0 aliphatic carbocycles. The lowest BCUT2D eigenvalue weighted by Crippen LogP contribution is -2.22. The SMILES string of the molecule is O=C1NC(=O)C(c2c[nH]c3cc([N+](=O)[O-])ccc23)=C1c1c[nH]c2ccccc12.[HH]. The Balaban J connectivity index is 0.00000205. The predicted molar refractivity (Wildman–Crippen MR) is 105 cm³/mol. The van der Waals surface area contributed by atoms with Crippen LogP contribution in [-0.2, 0) is 9.59 Å². The quantitative estimate of drug-likeness (QED) is 0.289. The maximum Gasteiger partial charge on any atom is 0.271 e. The molecule has 2 aromatic heterocycles. The molecule has 2 amide bonds. The molecule has 2 aromatic carbocycles. The molecule has 5 rings (SSSR count). The van der Waals surface area contributed by atoms with Gasteiger partial charge in [0, 0.05) is 53.4 Å². The Morgan fingerprint density at radius 1 is 0.821 bits per heavy atom. The van der Waals surface area contributed by atoms with Crippen molar-refractivity contribution in [3.63, 3.8) is 0 Å². The minimum Gasteiger partial charge on any atom is -0.361 e. The molecule has 0 radical (unpaired) electrons. The molecule has 0 fully saturated rings. The number of fused-ring (bicyclic) bond motifs is 2. The fourth-order valence-electron chi connectivity index (χ4n) is 3.68. The summed E-state index contributed by atoms with van der Waals surface area (Å²) in [5.41, 5.74) is 2.99. The summed E-state index contributed by atoms with van der Waals surface area (Å²) in [5.74, 6) is -0.967. The number of non-ortho nitro benzene ring substituents is 1. The van der Waals surface area contributed by atoms with Crippen molar-refractivity contribution in [3.05, 3.63) is 76.1 Å². The molecular formula is C20H14N4O4. The summed E-state index contributed by atoms with van der Waals surface area (Å²) < 4.78 is 0. The van der Waals surface area contributed by atoms with E-state index in [-0.39, 0.29) is 18.3 Å². The molecule has 0 spiro atoms. The van der Waals surface area contributed by atoms with Gasteiger partial charge in [0.25, 0.3) is 17.5 Å². The summed E-state index contributed by atoms with van der Waals surface area (Å²) in [6.45, 7) is 0. The van der Waals surface area contributed by atoms with Crippen molar-refractivity contribution < 1.29 is 15.9 Å². The Morgan fingerprint density at radius 2 is 1.43 bits per heavy atom. The Morgan fingerprint density at radius 3 is 2.11 bits per heavy atom. The second-order valence-corrected chi connectivity index (χ2v) is 6.47. The number of imide groups is 1. The van der Waals surface area contributed by atoms with Gasteiger partial charge in [-0.25, -0.2) is 0 Å². The van der Waals surface area contributed by atoms with Crippen molar-refractivity contribution >= 4 is 50.5 Å². The number of nitro groups is 1. The highest BCUT2D eigenvalue weighted by atomic mass is 16.6. The molecule has 0 bridgehead atoms. The lowest BCUT2D eigenvalue weighted by molar-refractivity contribution is -0.384. The second kappa shape index (κ2) is 5.65. The number of hydrogen-bond donors (Lipinski definition) is 3. The van der Waals surface area contributed by atoms with Crippen LogP contribution in [0.2, 0.25) is 0 Å². The van der Waals surface area contributed by atoms with Gasteiger partial charge in [0.05, 0.1) is 21.6 Å². The summed E-state index contributed by atoms with van der Waals surface area (Å²) in [5, 5.41) is 14.8. The topological polar surface area (TPSA) is 121 Å². The van der Waals surface area contributed by atoms with Gasteiger partial charge in [-0.3, -0.25) is 25.0 Å². The molecule has 1 aliphatic rings. The largest absolute Gasteiger partial charge is 0.361 e. The van der Waals surface area contributed by atoms with Crippen molar-refractivity contribution in [1.29, 1.82) is 0 Å². The fraction of sp³-hybridized carbons (Fsp3) is 0. The minimum atomic E-state index is -0.496. The van der Waals surface area contributed by atoms with Crippen LogP contribution >= 0.6 is 0 Å². The van der Waals surface area contributed by atoms with Gasteiger partial charge in [-0.2, -0.15) is 0 Å². The molecule has 3 N–H and O–H groups in total. The molecule has 4 aromatic rings. The maximum absolute atomic E-state index is 12.6. The average molecular weight is 374 g/mol. The molecule has 8 nitrogen and oxygen atoms in total. The average Bonchev–Trinajstić information content (AvgIpc) is 3.35. The smallest absolute Gasteiger partial charge is 0.271 e. The van der Waals surface area contributed by atoms with E-state index in [9.17, 15) is 19.7 Å². The number of nitrogens with zero attached hydrogens (tertiary/aromatic N) is 1. The summed E-state index contributed by atoms with van der Waals surface area (Å²) in [7, 11) is 0. The van der Waals surface area contributed by atoms with E-state index >= 15 is 0 Å². The zero-order valence-corrected chi connectivity index (χ0v) is 14.3. The normalized spacial score (nSPS) is 14.3. The first-order valence-electron chi connectivity index (χ1n) is 8.47. The molecule has 0 saturated carbocycles. The van der Waals surface area contributed by atoms with E-state index in [1.807, 2.05) is 24.3 Å². The van der Waals surface area contributed by atoms with Gasteiger partial charge < -0.3 is 9.97 Å². The van der Waals surface area contributed by atoms with Crippen LogP contribution in [0.4, 0.5) is 5.69 Å². The number of para-hydroxylation sites is 1. The third-order valence-corrected chi connectivity index (χ3v) is 4.94. The number of carbonyl (C=O) groups excluding carboxylic acids is 2. The predicted octanol–water partition coefficient (Wildman–Crippen LogP) is 3.37. The molecular weight excluding hydrogens is 360 g/mol. The number of rotatable bonds is 3.